The highest BCUT2D eigenvalue weighted by atomic mass is 16.5. The lowest BCUT2D eigenvalue weighted by Crippen LogP contribution is -1.94. The summed E-state index contributed by atoms with van der Waals surface area (Å²) in [6.45, 7) is 9.96. The topological polar surface area (TPSA) is 9.23 Å². The molecule has 1 fully saturated rings. The molecule has 0 amide bonds. The van der Waals surface area contributed by atoms with E-state index in [1.165, 1.54) is 18.4 Å². The molecule has 0 spiro atoms. The molecule has 1 aliphatic rings. The fraction of sp³-hybridized carbons (Fsp3) is 0.333. The van der Waals surface area contributed by atoms with Crippen molar-refractivity contribution in [2.75, 3.05) is 6.61 Å². The van der Waals surface area contributed by atoms with Crippen LogP contribution in [0.15, 0.2) is 48.3 Å². The van der Waals surface area contributed by atoms with Crippen LogP contribution in [0.25, 0.3) is 0 Å². The minimum atomic E-state index is 0.602. The van der Waals surface area contributed by atoms with Gasteiger partial charge < -0.3 is 4.74 Å². The first-order valence-electron chi connectivity index (χ1n) is 4.53. The summed E-state index contributed by atoms with van der Waals surface area (Å²) in [4.78, 5) is 0. The van der Waals surface area contributed by atoms with E-state index in [4.69, 9.17) is 4.74 Å². The van der Waals surface area contributed by atoms with Gasteiger partial charge in [-0.2, -0.15) is 0 Å². The molecule has 1 heteroatoms. The van der Waals surface area contributed by atoms with Crippen molar-refractivity contribution in [3.05, 3.63) is 48.3 Å². The average Bonchev–Trinajstić information content (AvgIpc) is 2.94. The largest absolute Gasteiger partial charge is 0.494 e. The first-order chi connectivity index (χ1) is 6.27. The summed E-state index contributed by atoms with van der Waals surface area (Å²) in [6.07, 6.45) is 7.88. The van der Waals surface area contributed by atoms with Gasteiger partial charge in [-0.15, -0.1) is 0 Å². The van der Waals surface area contributed by atoms with Crippen LogP contribution in [0.4, 0.5) is 0 Å². The number of ether oxygens (including phenoxy) is 1. The second-order valence-corrected chi connectivity index (χ2v) is 3.13. The van der Waals surface area contributed by atoms with Crippen molar-refractivity contribution in [1.82, 2.24) is 0 Å². The molecule has 0 radical (unpaired) electrons. The van der Waals surface area contributed by atoms with Crippen molar-refractivity contribution in [2.24, 2.45) is 0 Å². The quantitative estimate of drug-likeness (QED) is 0.461. The first-order valence-corrected chi connectivity index (χ1v) is 4.53. The predicted molar refractivity (Wildman–Crippen MR) is 56.4 cm³/mol. The summed E-state index contributed by atoms with van der Waals surface area (Å²) in [5.74, 6) is 1.08. The van der Waals surface area contributed by atoms with E-state index in [-0.39, 0.29) is 0 Å². The molecule has 0 aromatic heterocycles. The third kappa shape index (κ3) is 3.32. The van der Waals surface area contributed by atoms with E-state index in [9.17, 15) is 0 Å². The van der Waals surface area contributed by atoms with Gasteiger partial charge in [0.05, 0.1) is 5.76 Å². The molecule has 1 nitrogen and oxygen atoms in total. The Balaban J connectivity index is 2.40. The lowest BCUT2D eigenvalue weighted by molar-refractivity contribution is 0.242. The monoisotopic (exact) mass is 176 g/mol. The van der Waals surface area contributed by atoms with Gasteiger partial charge in [0.15, 0.2) is 0 Å². The molecule has 0 unspecified atom stereocenters. The molecular weight excluding hydrogens is 160 g/mol. The Kier molecular flexibility index (Phi) is 3.56. The van der Waals surface area contributed by atoms with Gasteiger partial charge in [0.2, 0.25) is 0 Å². The summed E-state index contributed by atoms with van der Waals surface area (Å²) < 4.78 is 5.56. The molecule has 0 aromatic carbocycles. The molecule has 70 valence electrons. The van der Waals surface area contributed by atoms with Crippen LogP contribution in [0.1, 0.15) is 19.8 Å². The van der Waals surface area contributed by atoms with Crippen LogP contribution in [0.2, 0.25) is 0 Å². The zero-order chi connectivity index (χ0) is 9.68. The number of hydrogen-bond donors (Lipinski definition) is 0. The average molecular weight is 176 g/mol. The van der Waals surface area contributed by atoms with Crippen molar-refractivity contribution in [2.45, 2.75) is 19.8 Å². The smallest absolute Gasteiger partial charge is 0.113 e. The second-order valence-electron chi connectivity index (χ2n) is 3.13. The highest BCUT2D eigenvalue weighted by Crippen LogP contribution is 2.31. The Morgan fingerprint density at radius 3 is 2.62 bits per heavy atom. The maximum Gasteiger partial charge on any atom is 0.113 e. The van der Waals surface area contributed by atoms with E-state index < -0.39 is 0 Å². The van der Waals surface area contributed by atoms with Gasteiger partial charge in [0, 0.05) is 0 Å². The van der Waals surface area contributed by atoms with Crippen molar-refractivity contribution >= 4 is 0 Å². The lowest BCUT2D eigenvalue weighted by atomic mass is 10.2. The summed E-state index contributed by atoms with van der Waals surface area (Å²) in [5, 5.41) is 0. The van der Waals surface area contributed by atoms with Crippen LogP contribution < -0.4 is 0 Å². The molecular formula is C12H16O. The Bertz CT molecular complexity index is 263. The molecule has 0 atom stereocenters. The summed E-state index contributed by atoms with van der Waals surface area (Å²) in [6, 6.07) is 0. The molecule has 1 rings (SSSR count). The fourth-order valence-corrected chi connectivity index (χ4v) is 1.03. The van der Waals surface area contributed by atoms with E-state index in [2.05, 4.69) is 13.2 Å². The molecule has 1 saturated carbocycles. The Morgan fingerprint density at radius 1 is 1.46 bits per heavy atom. The third-order valence-corrected chi connectivity index (χ3v) is 2.05. The molecule has 13 heavy (non-hydrogen) atoms. The van der Waals surface area contributed by atoms with Crippen LogP contribution in [0.3, 0.4) is 0 Å². The standard InChI is InChI=1S/C12H16O/c1-4-6-11(5-2)9-13-10(3)12-7-8-12/h4-6H,1-2,7-9H2,3H3/b11-6+. The van der Waals surface area contributed by atoms with Crippen LogP contribution in [0.5, 0.6) is 0 Å². The normalized spacial score (nSPS) is 15.2. The van der Waals surface area contributed by atoms with E-state index in [1.807, 2.05) is 13.0 Å². The minimum Gasteiger partial charge on any atom is -0.494 e. The van der Waals surface area contributed by atoms with Crippen LogP contribution in [0, 0.1) is 0 Å². The zero-order valence-electron chi connectivity index (χ0n) is 8.18. The molecule has 0 heterocycles. The van der Waals surface area contributed by atoms with E-state index in [0.29, 0.717) is 6.61 Å². The summed E-state index contributed by atoms with van der Waals surface area (Å²) in [5.41, 5.74) is 2.51. The van der Waals surface area contributed by atoms with Crippen molar-refractivity contribution in [3.63, 3.8) is 0 Å². The number of hydrogen-bond acceptors (Lipinski definition) is 1. The van der Waals surface area contributed by atoms with Crippen molar-refractivity contribution in [3.8, 4) is 0 Å². The van der Waals surface area contributed by atoms with Crippen molar-refractivity contribution < 1.29 is 4.74 Å². The Hall–Kier alpha value is -1.24. The van der Waals surface area contributed by atoms with Gasteiger partial charge in [-0.3, -0.25) is 0 Å². The van der Waals surface area contributed by atoms with Gasteiger partial charge >= 0.3 is 0 Å². The minimum absolute atomic E-state index is 0.602. The SMILES string of the molecule is C=C/C=C(\C=C)COC(C)=C1CC1. The summed E-state index contributed by atoms with van der Waals surface area (Å²) in [7, 11) is 0. The van der Waals surface area contributed by atoms with E-state index >= 15 is 0 Å². The predicted octanol–water partition coefficient (Wildman–Crippen LogP) is 3.37. The maximum absolute atomic E-state index is 5.56. The second kappa shape index (κ2) is 4.70. The Labute approximate surface area is 80.1 Å². The van der Waals surface area contributed by atoms with Gasteiger partial charge in [-0.25, -0.2) is 0 Å². The fourth-order valence-electron chi connectivity index (χ4n) is 1.03. The molecule has 0 aliphatic heterocycles. The van der Waals surface area contributed by atoms with Gasteiger partial charge in [-0.1, -0.05) is 31.4 Å². The third-order valence-electron chi connectivity index (χ3n) is 2.05. The van der Waals surface area contributed by atoms with Crippen LogP contribution in [-0.2, 0) is 4.74 Å². The van der Waals surface area contributed by atoms with Gasteiger partial charge in [0.1, 0.15) is 6.61 Å². The molecule has 0 bridgehead atoms. The maximum atomic E-state index is 5.56. The molecule has 0 N–H and O–H groups in total. The molecule has 0 saturated heterocycles. The lowest BCUT2D eigenvalue weighted by Gasteiger charge is -2.05. The number of allylic oxidation sites excluding steroid dienone is 4. The van der Waals surface area contributed by atoms with Crippen LogP contribution >= 0.6 is 0 Å². The highest BCUT2D eigenvalue weighted by molar-refractivity contribution is 5.23. The molecule has 1 aliphatic carbocycles. The first kappa shape index (κ1) is 9.85. The summed E-state index contributed by atoms with van der Waals surface area (Å²) >= 11 is 0. The van der Waals surface area contributed by atoms with Gasteiger partial charge in [0.25, 0.3) is 0 Å². The van der Waals surface area contributed by atoms with Crippen LogP contribution in [-0.4, -0.2) is 6.61 Å². The highest BCUT2D eigenvalue weighted by Gasteiger charge is 2.15. The van der Waals surface area contributed by atoms with Crippen molar-refractivity contribution in [1.29, 1.82) is 0 Å². The molecule has 0 aromatic rings. The van der Waals surface area contributed by atoms with E-state index in [0.717, 1.165) is 11.3 Å². The van der Waals surface area contributed by atoms with Gasteiger partial charge in [-0.05, 0) is 30.9 Å². The number of rotatable bonds is 5. The zero-order valence-corrected chi connectivity index (χ0v) is 8.18. The van der Waals surface area contributed by atoms with E-state index in [1.54, 1.807) is 12.2 Å². The Morgan fingerprint density at radius 2 is 2.15 bits per heavy atom.